The Morgan fingerprint density at radius 3 is 2.56 bits per heavy atom. The number of halogens is 1. The Bertz CT molecular complexity index is 360. The van der Waals surface area contributed by atoms with Crippen LogP contribution in [0.5, 0.6) is 0 Å². The Morgan fingerprint density at radius 2 is 2.06 bits per heavy atom. The lowest BCUT2D eigenvalue weighted by molar-refractivity contribution is -0.124. The van der Waals surface area contributed by atoms with Crippen molar-refractivity contribution >= 4 is 5.91 Å². The average Bonchev–Trinajstić information content (AvgIpc) is 2.26. The van der Waals surface area contributed by atoms with Crippen LogP contribution in [0.25, 0.3) is 0 Å². The molecule has 16 heavy (non-hydrogen) atoms. The normalized spacial score (nSPS) is 11.2. The number of hydrogen-bond acceptors (Lipinski definition) is 2. The van der Waals surface area contributed by atoms with E-state index in [1.165, 1.54) is 24.3 Å². The Hall–Kier alpha value is -1.42. The number of amides is 1. The summed E-state index contributed by atoms with van der Waals surface area (Å²) in [7, 11) is 0. The number of hydrogen-bond donors (Lipinski definition) is 2. The first-order chi connectivity index (χ1) is 7.48. The van der Waals surface area contributed by atoms with Gasteiger partial charge in [0.05, 0.1) is 12.0 Å². The first-order valence-electron chi connectivity index (χ1n) is 4.99. The predicted molar refractivity (Wildman–Crippen MR) is 59.2 cm³/mol. The highest BCUT2D eigenvalue weighted by atomic mass is 19.1. The molecule has 0 aliphatic heterocycles. The van der Waals surface area contributed by atoms with Gasteiger partial charge in [0.2, 0.25) is 5.91 Å². The van der Waals surface area contributed by atoms with E-state index in [0.29, 0.717) is 5.56 Å². The summed E-state index contributed by atoms with van der Waals surface area (Å²) >= 11 is 0. The molecule has 2 N–H and O–H groups in total. The molecule has 4 heteroatoms. The zero-order chi connectivity index (χ0) is 12.2. The molecule has 0 saturated heterocycles. The van der Waals surface area contributed by atoms with Crippen molar-refractivity contribution in [1.82, 2.24) is 5.32 Å². The number of aliphatic hydroxyl groups is 1. The summed E-state index contributed by atoms with van der Waals surface area (Å²) in [6.07, 6.45) is 0. The fraction of sp³-hybridized carbons (Fsp3) is 0.333. The van der Waals surface area contributed by atoms with E-state index >= 15 is 0 Å². The van der Waals surface area contributed by atoms with Gasteiger partial charge in [0.1, 0.15) is 5.82 Å². The first-order valence-corrected chi connectivity index (χ1v) is 4.99. The molecule has 0 saturated carbocycles. The van der Waals surface area contributed by atoms with Gasteiger partial charge in [-0.1, -0.05) is 12.1 Å². The van der Waals surface area contributed by atoms with Crippen molar-refractivity contribution in [2.45, 2.75) is 12.3 Å². The molecular weight excluding hydrogens is 209 g/mol. The number of nitrogens with one attached hydrogen (secondary N) is 1. The zero-order valence-corrected chi connectivity index (χ0v) is 9.16. The van der Waals surface area contributed by atoms with E-state index in [1.807, 2.05) is 0 Å². The molecule has 1 aromatic rings. The molecule has 0 spiro atoms. The average molecular weight is 224 g/mol. The molecule has 1 rings (SSSR count). The lowest BCUT2D eigenvalue weighted by Crippen LogP contribution is -2.41. The van der Waals surface area contributed by atoms with E-state index < -0.39 is 5.41 Å². The number of carbonyl (C=O) groups is 1. The molecule has 1 aromatic carbocycles. The Kier molecular flexibility index (Phi) is 4.01. The largest absolute Gasteiger partial charge is 0.395 e. The van der Waals surface area contributed by atoms with Gasteiger partial charge in [0.25, 0.3) is 0 Å². The SMILES string of the molecule is [CH2]C(C)(C(=O)NCCO)c1ccc(F)cc1. The second-order valence-corrected chi connectivity index (χ2v) is 3.82. The lowest BCUT2D eigenvalue weighted by atomic mass is 9.84. The van der Waals surface area contributed by atoms with Crippen LogP contribution in [0.3, 0.4) is 0 Å². The highest BCUT2D eigenvalue weighted by molar-refractivity contribution is 5.88. The standard InChI is InChI=1S/C12H15FNO2/c1-12(2,11(16)14-7-8-15)9-3-5-10(13)6-4-9/h3-6,15H,1,7-8H2,2H3,(H,14,16). The van der Waals surface area contributed by atoms with Gasteiger partial charge in [-0.15, -0.1) is 0 Å². The van der Waals surface area contributed by atoms with Crippen molar-refractivity contribution < 1.29 is 14.3 Å². The van der Waals surface area contributed by atoms with Gasteiger partial charge in [-0.2, -0.15) is 0 Å². The van der Waals surface area contributed by atoms with Crippen LogP contribution < -0.4 is 5.32 Å². The number of aliphatic hydroxyl groups excluding tert-OH is 1. The lowest BCUT2D eigenvalue weighted by Gasteiger charge is -2.23. The second kappa shape index (κ2) is 5.07. The van der Waals surface area contributed by atoms with E-state index in [-0.39, 0.29) is 24.9 Å². The van der Waals surface area contributed by atoms with E-state index in [4.69, 9.17) is 5.11 Å². The van der Waals surface area contributed by atoms with Gasteiger partial charge in [-0.3, -0.25) is 4.79 Å². The summed E-state index contributed by atoms with van der Waals surface area (Å²) in [6.45, 7) is 5.52. The molecule has 3 nitrogen and oxygen atoms in total. The van der Waals surface area contributed by atoms with Gasteiger partial charge in [0.15, 0.2) is 0 Å². The van der Waals surface area contributed by atoms with Crippen LogP contribution in [-0.2, 0) is 10.2 Å². The quantitative estimate of drug-likeness (QED) is 0.802. The van der Waals surface area contributed by atoms with Crippen LogP contribution in [0.4, 0.5) is 4.39 Å². The van der Waals surface area contributed by atoms with Crippen LogP contribution in [-0.4, -0.2) is 24.2 Å². The van der Waals surface area contributed by atoms with Gasteiger partial charge >= 0.3 is 0 Å². The van der Waals surface area contributed by atoms with Crippen molar-refractivity contribution in [3.63, 3.8) is 0 Å². The molecular formula is C12H15FNO2. The summed E-state index contributed by atoms with van der Waals surface area (Å²) in [6, 6.07) is 5.64. The Labute approximate surface area is 94.3 Å². The third-order valence-electron chi connectivity index (χ3n) is 2.38. The van der Waals surface area contributed by atoms with Crippen LogP contribution in [0, 0.1) is 12.7 Å². The third-order valence-corrected chi connectivity index (χ3v) is 2.38. The smallest absolute Gasteiger partial charge is 0.230 e. The van der Waals surface area contributed by atoms with Crippen molar-refractivity contribution in [3.05, 3.63) is 42.6 Å². The molecule has 87 valence electrons. The predicted octanol–water partition coefficient (Wildman–Crippen LogP) is 1.03. The second-order valence-electron chi connectivity index (χ2n) is 3.82. The minimum absolute atomic E-state index is 0.120. The summed E-state index contributed by atoms with van der Waals surface area (Å²) < 4.78 is 12.7. The minimum Gasteiger partial charge on any atom is -0.395 e. The number of carbonyl (C=O) groups excluding carboxylic acids is 1. The molecule has 0 aromatic heterocycles. The Balaban J connectivity index is 2.83. The summed E-state index contributed by atoms with van der Waals surface area (Å²) in [4.78, 5) is 11.7. The first kappa shape index (κ1) is 12.6. The van der Waals surface area contributed by atoms with Gasteiger partial charge in [0, 0.05) is 6.54 Å². The summed E-state index contributed by atoms with van der Waals surface area (Å²) in [5, 5.41) is 11.1. The van der Waals surface area contributed by atoms with Crippen LogP contribution in [0.2, 0.25) is 0 Å². The van der Waals surface area contributed by atoms with Crippen LogP contribution >= 0.6 is 0 Å². The fourth-order valence-corrected chi connectivity index (χ4v) is 1.31. The molecule has 0 aliphatic rings. The molecule has 0 bridgehead atoms. The van der Waals surface area contributed by atoms with Gasteiger partial charge in [-0.05, 0) is 31.5 Å². The highest BCUT2D eigenvalue weighted by Gasteiger charge is 2.29. The Morgan fingerprint density at radius 1 is 1.50 bits per heavy atom. The number of rotatable bonds is 4. The van der Waals surface area contributed by atoms with E-state index in [0.717, 1.165) is 0 Å². The molecule has 1 amide bonds. The molecule has 1 radical (unpaired) electrons. The summed E-state index contributed by atoms with van der Waals surface area (Å²) in [5.41, 5.74) is -0.354. The van der Waals surface area contributed by atoms with E-state index in [1.54, 1.807) is 6.92 Å². The monoisotopic (exact) mass is 224 g/mol. The van der Waals surface area contributed by atoms with Crippen LogP contribution in [0.15, 0.2) is 24.3 Å². The van der Waals surface area contributed by atoms with Crippen molar-refractivity contribution in [1.29, 1.82) is 0 Å². The fourth-order valence-electron chi connectivity index (χ4n) is 1.31. The third kappa shape index (κ3) is 2.79. The molecule has 0 heterocycles. The zero-order valence-electron chi connectivity index (χ0n) is 9.16. The van der Waals surface area contributed by atoms with E-state index in [2.05, 4.69) is 12.2 Å². The topological polar surface area (TPSA) is 49.3 Å². The molecule has 1 unspecified atom stereocenters. The van der Waals surface area contributed by atoms with Gasteiger partial charge < -0.3 is 10.4 Å². The number of benzene rings is 1. The van der Waals surface area contributed by atoms with Crippen LogP contribution in [0.1, 0.15) is 12.5 Å². The molecule has 0 fully saturated rings. The maximum absolute atomic E-state index is 12.7. The maximum Gasteiger partial charge on any atom is 0.230 e. The van der Waals surface area contributed by atoms with E-state index in [9.17, 15) is 9.18 Å². The van der Waals surface area contributed by atoms with Crippen molar-refractivity contribution in [2.75, 3.05) is 13.2 Å². The minimum atomic E-state index is -0.983. The highest BCUT2D eigenvalue weighted by Crippen LogP contribution is 2.22. The molecule has 1 atom stereocenters. The van der Waals surface area contributed by atoms with Crippen molar-refractivity contribution in [2.24, 2.45) is 0 Å². The molecule has 0 aliphatic carbocycles. The van der Waals surface area contributed by atoms with Crippen molar-refractivity contribution in [3.8, 4) is 0 Å². The maximum atomic E-state index is 12.7. The van der Waals surface area contributed by atoms with Gasteiger partial charge in [-0.25, -0.2) is 4.39 Å². The summed E-state index contributed by atoms with van der Waals surface area (Å²) in [5.74, 6) is -0.650.